The molecular weight excluding hydrogens is 197 g/mol. The van der Waals surface area contributed by atoms with Crippen LogP contribution in [0.15, 0.2) is 35.0 Å². The van der Waals surface area contributed by atoms with E-state index in [2.05, 4.69) is 9.98 Å². The molecule has 0 bridgehead atoms. The second kappa shape index (κ2) is 5.64. The van der Waals surface area contributed by atoms with Crippen LogP contribution in [0.25, 0.3) is 0 Å². The third-order valence-electron chi connectivity index (χ3n) is 1.67. The average Bonchev–Trinajstić information content (AvgIpc) is 2.24. The fourth-order valence-electron chi connectivity index (χ4n) is 1.03. The molecule has 1 amide bonds. The molecule has 1 aromatic rings. The van der Waals surface area contributed by atoms with Gasteiger partial charge in [-0.3, -0.25) is 4.79 Å². The first-order valence-corrected chi connectivity index (χ1v) is 4.25. The number of hydrogen-bond donors (Lipinski definition) is 1. The van der Waals surface area contributed by atoms with Crippen LogP contribution in [0.4, 0.5) is 4.39 Å². The van der Waals surface area contributed by atoms with Gasteiger partial charge in [0.2, 0.25) is 12.4 Å². The average molecular weight is 207 g/mol. The summed E-state index contributed by atoms with van der Waals surface area (Å²) in [6.45, 7) is 0. The van der Waals surface area contributed by atoms with Gasteiger partial charge in [0.25, 0.3) is 0 Å². The SMILES string of the molecule is N/C=C(\C=NC=O)Cc1cccc(F)n1. The van der Waals surface area contributed by atoms with Crippen molar-refractivity contribution in [2.75, 3.05) is 0 Å². The monoisotopic (exact) mass is 207 g/mol. The Balaban J connectivity index is 2.76. The largest absolute Gasteiger partial charge is 0.404 e. The Labute approximate surface area is 86.3 Å². The van der Waals surface area contributed by atoms with E-state index in [0.717, 1.165) is 0 Å². The second-order valence-electron chi connectivity index (χ2n) is 2.75. The highest BCUT2D eigenvalue weighted by Gasteiger charge is 1.99. The maximum absolute atomic E-state index is 12.7. The zero-order valence-electron chi connectivity index (χ0n) is 7.93. The smallest absolute Gasteiger partial charge is 0.232 e. The summed E-state index contributed by atoms with van der Waals surface area (Å²) in [4.78, 5) is 17.0. The van der Waals surface area contributed by atoms with Gasteiger partial charge in [-0.25, -0.2) is 9.98 Å². The quantitative estimate of drug-likeness (QED) is 0.451. The predicted molar refractivity (Wildman–Crippen MR) is 54.7 cm³/mol. The van der Waals surface area contributed by atoms with Crippen molar-refractivity contribution in [3.8, 4) is 0 Å². The minimum Gasteiger partial charge on any atom is -0.404 e. The molecule has 1 rings (SSSR count). The zero-order valence-corrected chi connectivity index (χ0v) is 7.93. The fourth-order valence-corrected chi connectivity index (χ4v) is 1.03. The van der Waals surface area contributed by atoms with E-state index in [0.29, 0.717) is 24.1 Å². The summed E-state index contributed by atoms with van der Waals surface area (Å²) in [5, 5.41) is 0. The Bertz CT molecular complexity index is 401. The van der Waals surface area contributed by atoms with Crippen molar-refractivity contribution in [3.63, 3.8) is 0 Å². The van der Waals surface area contributed by atoms with E-state index < -0.39 is 5.95 Å². The van der Waals surface area contributed by atoms with Gasteiger partial charge in [0.1, 0.15) is 0 Å². The normalized spacial score (nSPS) is 11.9. The molecule has 15 heavy (non-hydrogen) atoms. The molecule has 0 saturated carbocycles. The Morgan fingerprint density at radius 3 is 3.00 bits per heavy atom. The van der Waals surface area contributed by atoms with E-state index in [1.54, 1.807) is 12.1 Å². The molecule has 78 valence electrons. The van der Waals surface area contributed by atoms with Gasteiger partial charge in [-0.2, -0.15) is 4.39 Å². The summed E-state index contributed by atoms with van der Waals surface area (Å²) >= 11 is 0. The molecule has 2 N–H and O–H groups in total. The molecule has 1 aromatic heterocycles. The summed E-state index contributed by atoms with van der Waals surface area (Å²) in [5.41, 5.74) is 6.44. The first-order valence-electron chi connectivity index (χ1n) is 4.25. The first-order chi connectivity index (χ1) is 7.26. The van der Waals surface area contributed by atoms with Crippen LogP contribution >= 0.6 is 0 Å². The summed E-state index contributed by atoms with van der Waals surface area (Å²) in [7, 11) is 0. The Kier molecular flexibility index (Phi) is 4.15. The van der Waals surface area contributed by atoms with Crippen molar-refractivity contribution in [2.24, 2.45) is 10.7 Å². The van der Waals surface area contributed by atoms with Crippen LogP contribution < -0.4 is 5.73 Å². The molecule has 5 heteroatoms. The minimum absolute atomic E-state index is 0.339. The van der Waals surface area contributed by atoms with E-state index >= 15 is 0 Å². The topological polar surface area (TPSA) is 68.3 Å². The van der Waals surface area contributed by atoms with Gasteiger partial charge in [-0.05, 0) is 23.9 Å². The number of carbonyl (C=O) groups is 1. The van der Waals surface area contributed by atoms with Crippen molar-refractivity contribution in [3.05, 3.63) is 41.6 Å². The van der Waals surface area contributed by atoms with Crippen LogP contribution in [0.5, 0.6) is 0 Å². The van der Waals surface area contributed by atoms with Gasteiger partial charge >= 0.3 is 0 Å². The lowest BCUT2D eigenvalue weighted by atomic mass is 10.1. The van der Waals surface area contributed by atoms with Crippen LogP contribution in [0.1, 0.15) is 5.69 Å². The Morgan fingerprint density at radius 1 is 1.60 bits per heavy atom. The molecule has 0 fully saturated rings. The van der Waals surface area contributed by atoms with Gasteiger partial charge in [-0.15, -0.1) is 0 Å². The van der Waals surface area contributed by atoms with Crippen LogP contribution in [-0.4, -0.2) is 17.6 Å². The molecule has 0 saturated heterocycles. The lowest BCUT2D eigenvalue weighted by Gasteiger charge is -1.99. The molecule has 0 aliphatic carbocycles. The van der Waals surface area contributed by atoms with Gasteiger partial charge in [0, 0.05) is 18.3 Å². The molecule has 4 nitrogen and oxygen atoms in total. The second-order valence-corrected chi connectivity index (χ2v) is 2.75. The standard InChI is InChI=1S/C10H10FN3O/c11-10-3-1-2-9(14-10)4-8(5-12)6-13-7-15/h1-3,5-7H,4,12H2/b8-5-,13-6?. The Hall–Kier alpha value is -2.04. The fraction of sp³-hybridized carbons (Fsp3) is 0.100. The van der Waals surface area contributed by atoms with E-state index in [9.17, 15) is 9.18 Å². The minimum atomic E-state index is -0.545. The van der Waals surface area contributed by atoms with Crippen molar-refractivity contribution >= 4 is 12.6 Å². The summed E-state index contributed by atoms with van der Waals surface area (Å²) in [6, 6.07) is 4.48. The van der Waals surface area contributed by atoms with Gasteiger partial charge < -0.3 is 5.73 Å². The Morgan fingerprint density at radius 2 is 2.40 bits per heavy atom. The maximum atomic E-state index is 12.7. The molecule has 0 radical (unpaired) electrons. The maximum Gasteiger partial charge on any atom is 0.232 e. The highest BCUT2D eigenvalue weighted by molar-refractivity contribution is 5.84. The number of nitrogens with zero attached hydrogens (tertiary/aromatic N) is 2. The van der Waals surface area contributed by atoms with Crippen LogP contribution in [0.3, 0.4) is 0 Å². The number of aliphatic imine (C=N–C) groups is 1. The highest BCUT2D eigenvalue weighted by atomic mass is 19.1. The first kappa shape index (κ1) is 11.0. The number of rotatable bonds is 4. The molecular formula is C10H10FN3O. The van der Waals surface area contributed by atoms with Gasteiger partial charge in [-0.1, -0.05) is 6.07 Å². The van der Waals surface area contributed by atoms with Crippen LogP contribution in [0, 0.1) is 5.95 Å². The van der Waals surface area contributed by atoms with Crippen molar-refractivity contribution in [2.45, 2.75) is 6.42 Å². The number of allylic oxidation sites excluding steroid dienone is 1. The number of amides is 1. The summed E-state index contributed by atoms with van der Waals surface area (Å²) in [6.07, 6.45) is 3.37. The van der Waals surface area contributed by atoms with Crippen LogP contribution in [-0.2, 0) is 11.2 Å². The van der Waals surface area contributed by atoms with Crippen molar-refractivity contribution in [1.82, 2.24) is 4.98 Å². The van der Waals surface area contributed by atoms with E-state index in [4.69, 9.17) is 5.73 Å². The number of pyridine rings is 1. The lowest BCUT2D eigenvalue weighted by molar-refractivity contribution is -0.106. The van der Waals surface area contributed by atoms with E-state index in [1.165, 1.54) is 18.5 Å². The number of carbonyl (C=O) groups excluding carboxylic acids is 1. The summed E-state index contributed by atoms with van der Waals surface area (Å²) < 4.78 is 12.7. The number of halogens is 1. The molecule has 0 spiro atoms. The molecule has 0 aliphatic heterocycles. The number of nitrogens with two attached hydrogens (primary N) is 1. The van der Waals surface area contributed by atoms with Gasteiger partial charge in [0.15, 0.2) is 0 Å². The van der Waals surface area contributed by atoms with Crippen molar-refractivity contribution in [1.29, 1.82) is 0 Å². The van der Waals surface area contributed by atoms with Crippen molar-refractivity contribution < 1.29 is 9.18 Å². The van der Waals surface area contributed by atoms with E-state index in [-0.39, 0.29) is 0 Å². The molecule has 0 aromatic carbocycles. The lowest BCUT2D eigenvalue weighted by Crippen LogP contribution is -1.99. The highest BCUT2D eigenvalue weighted by Crippen LogP contribution is 2.03. The third kappa shape index (κ3) is 3.68. The summed E-state index contributed by atoms with van der Waals surface area (Å²) in [5.74, 6) is -0.545. The van der Waals surface area contributed by atoms with Crippen LogP contribution in [0.2, 0.25) is 0 Å². The van der Waals surface area contributed by atoms with Gasteiger partial charge in [0.05, 0.1) is 0 Å². The molecule has 0 unspecified atom stereocenters. The number of hydrogen-bond acceptors (Lipinski definition) is 3. The van der Waals surface area contributed by atoms with E-state index in [1.807, 2.05) is 0 Å². The molecule has 0 atom stereocenters. The third-order valence-corrected chi connectivity index (χ3v) is 1.67. The number of aromatic nitrogens is 1. The molecule has 0 aliphatic rings. The molecule has 1 heterocycles. The zero-order chi connectivity index (χ0) is 11.1. The predicted octanol–water partition coefficient (Wildman–Crippen LogP) is 0.833.